The van der Waals surface area contributed by atoms with Gasteiger partial charge in [-0.05, 0) is 38.1 Å². The van der Waals surface area contributed by atoms with Crippen LogP contribution in [0.25, 0.3) is 11.3 Å². The van der Waals surface area contributed by atoms with E-state index in [0.29, 0.717) is 29.6 Å². The van der Waals surface area contributed by atoms with Crippen LogP contribution in [0.2, 0.25) is 5.02 Å². The van der Waals surface area contributed by atoms with Gasteiger partial charge in [0.25, 0.3) is 5.91 Å². The quantitative estimate of drug-likeness (QED) is 0.698. The van der Waals surface area contributed by atoms with Crippen LogP contribution in [-0.4, -0.2) is 49.5 Å². The number of carbonyl (C=O) groups is 1. The number of nitrogens with zero attached hydrogens (tertiary/aromatic N) is 1. The summed E-state index contributed by atoms with van der Waals surface area (Å²) in [4.78, 5) is 12.5. The Bertz CT molecular complexity index is 724. The molecular weight excluding hydrogens is 375 g/mol. The first-order chi connectivity index (χ1) is 12.1. The van der Waals surface area contributed by atoms with Gasteiger partial charge < -0.3 is 15.4 Å². The molecule has 26 heavy (non-hydrogen) atoms. The molecule has 8 heteroatoms. The third-order valence-corrected chi connectivity index (χ3v) is 5.04. The van der Waals surface area contributed by atoms with Crippen molar-refractivity contribution in [3.8, 4) is 11.3 Å². The molecule has 0 saturated carbocycles. The van der Waals surface area contributed by atoms with Gasteiger partial charge in [0.05, 0.1) is 17.3 Å². The second-order valence-electron chi connectivity index (χ2n) is 6.51. The first-order valence-corrected chi connectivity index (χ1v) is 8.79. The summed E-state index contributed by atoms with van der Waals surface area (Å²) in [6.07, 6.45) is 1.96. The minimum atomic E-state index is -0.167. The first-order valence-electron chi connectivity index (χ1n) is 8.42. The number of amides is 1. The topological polar surface area (TPSA) is 79.0 Å². The largest absolute Gasteiger partial charge is 0.384 e. The average molecular weight is 399 g/mol. The fourth-order valence-corrected chi connectivity index (χ4v) is 3.48. The van der Waals surface area contributed by atoms with Crippen LogP contribution in [0, 0.1) is 5.41 Å². The molecule has 0 aliphatic carbocycles. The molecule has 2 aromatic rings. The van der Waals surface area contributed by atoms with Crippen molar-refractivity contribution in [1.29, 1.82) is 0 Å². The molecule has 3 N–H and O–H groups in total. The molecule has 1 aliphatic heterocycles. The van der Waals surface area contributed by atoms with Gasteiger partial charge in [0.1, 0.15) is 5.69 Å². The molecule has 142 valence electrons. The predicted molar refractivity (Wildman–Crippen MR) is 105 cm³/mol. The molecule has 1 fully saturated rings. The zero-order valence-corrected chi connectivity index (χ0v) is 16.3. The van der Waals surface area contributed by atoms with Crippen molar-refractivity contribution in [2.75, 3.05) is 33.4 Å². The lowest BCUT2D eigenvalue weighted by Crippen LogP contribution is -2.47. The number of H-pyrrole nitrogens is 1. The summed E-state index contributed by atoms with van der Waals surface area (Å²) in [6.45, 7) is 3.12. The molecule has 0 atom stereocenters. The van der Waals surface area contributed by atoms with Crippen LogP contribution in [0.5, 0.6) is 0 Å². The van der Waals surface area contributed by atoms with E-state index in [0.717, 1.165) is 31.5 Å². The molecular formula is C18H24Cl2N4O2. The number of methoxy groups -OCH3 is 1. The van der Waals surface area contributed by atoms with Gasteiger partial charge in [0, 0.05) is 24.6 Å². The van der Waals surface area contributed by atoms with Crippen molar-refractivity contribution in [3.05, 3.63) is 41.0 Å². The predicted octanol–water partition coefficient (Wildman–Crippen LogP) is 2.90. The van der Waals surface area contributed by atoms with Crippen LogP contribution < -0.4 is 10.6 Å². The Kier molecular flexibility index (Phi) is 7.46. The fourth-order valence-electron chi connectivity index (χ4n) is 3.24. The number of rotatable bonds is 6. The van der Waals surface area contributed by atoms with Gasteiger partial charge in [-0.1, -0.05) is 29.8 Å². The van der Waals surface area contributed by atoms with Gasteiger partial charge in [-0.25, -0.2) is 0 Å². The Morgan fingerprint density at radius 2 is 2.08 bits per heavy atom. The zero-order chi connectivity index (χ0) is 17.7. The van der Waals surface area contributed by atoms with Crippen LogP contribution in [0.3, 0.4) is 0 Å². The van der Waals surface area contributed by atoms with Gasteiger partial charge in [-0.15, -0.1) is 12.4 Å². The Balaban J connectivity index is 0.00000243. The van der Waals surface area contributed by atoms with Crippen molar-refractivity contribution in [1.82, 2.24) is 20.8 Å². The van der Waals surface area contributed by atoms with Gasteiger partial charge in [-0.2, -0.15) is 5.10 Å². The van der Waals surface area contributed by atoms with Crippen molar-refractivity contribution in [3.63, 3.8) is 0 Å². The Hall–Kier alpha value is -1.60. The van der Waals surface area contributed by atoms with Crippen LogP contribution in [0.15, 0.2) is 30.3 Å². The first kappa shape index (κ1) is 20.7. The molecule has 0 bridgehead atoms. The number of aromatic nitrogens is 2. The van der Waals surface area contributed by atoms with Crippen LogP contribution in [0.4, 0.5) is 0 Å². The maximum atomic E-state index is 12.5. The highest BCUT2D eigenvalue weighted by Crippen LogP contribution is 2.29. The number of nitrogens with one attached hydrogen (secondary N) is 3. The van der Waals surface area contributed by atoms with E-state index in [1.165, 1.54) is 0 Å². The van der Waals surface area contributed by atoms with E-state index in [9.17, 15) is 4.79 Å². The van der Waals surface area contributed by atoms with E-state index in [2.05, 4.69) is 20.8 Å². The Labute approximate surface area is 164 Å². The van der Waals surface area contributed by atoms with Crippen molar-refractivity contribution in [2.45, 2.75) is 12.8 Å². The van der Waals surface area contributed by atoms with Crippen molar-refractivity contribution in [2.24, 2.45) is 5.41 Å². The number of hydrogen-bond donors (Lipinski definition) is 3. The van der Waals surface area contributed by atoms with Gasteiger partial charge >= 0.3 is 0 Å². The molecule has 1 amide bonds. The van der Waals surface area contributed by atoms with Gasteiger partial charge in [0.15, 0.2) is 0 Å². The normalized spacial score (nSPS) is 15.9. The van der Waals surface area contributed by atoms with E-state index in [1.54, 1.807) is 19.2 Å². The lowest BCUT2D eigenvalue weighted by Gasteiger charge is -2.37. The second-order valence-corrected chi connectivity index (χ2v) is 6.92. The molecule has 0 radical (unpaired) electrons. The molecule has 1 aromatic heterocycles. The number of ether oxygens (including phenoxy) is 1. The molecule has 6 nitrogen and oxygen atoms in total. The number of halogens is 2. The lowest BCUT2D eigenvalue weighted by atomic mass is 9.79. The summed E-state index contributed by atoms with van der Waals surface area (Å²) >= 11 is 6.19. The monoisotopic (exact) mass is 398 g/mol. The molecule has 1 aliphatic rings. The van der Waals surface area contributed by atoms with E-state index in [4.69, 9.17) is 16.3 Å². The number of benzene rings is 1. The maximum Gasteiger partial charge on any atom is 0.269 e. The minimum absolute atomic E-state index is 0. The highest BCUT2D eigenvalue weighted by molar-refractivity contribution is 6.33. The third kappa shape index (κ3) is 4.76. The van der Waals surface area contributed by atoms with Gasteiger partial charge in [0.2, 0.25) is 0 Å². The number of aromatic amines is 1. The van der Waals surface area contributed by atoms with Crippen molar-refractivity contribution >= 4 is 29.9 Å². The summed E-state index contributed by atoms with van der Waals surface area (Å²) in [6, 6.07) is 9.16. The van der Waals surface area contributed by atoms with E-state index in [1.807, 2.05) is 18.2 Å². The standard InChI is InChI=1S/C18H23ClN4O2.ClH/c1-25-12-18(6-8-20-9-7-18)11-21-17(24)16-10-15(22-23-16)13-4-2-3-5-14(13)19;/h2-5,10,20H,6-9,11-12H2,1H3,(H,21,24)(H,22,23);1H. The maximum absolute atomic E-state index is 12.5. The molecule has 3 rings (SSSR count). The molecule has 0 spiro atoms. The number of hydrogen-bond acceptors (Lipinski definition) is 4. The number of piperidine rings is 1. The third-order valence-electron chi connectivity index (χ3n) is 4.71. The van der Waals surface area contributed by atoms with Crippen LogP contribution in [0.1, 0.15) is 23.3 Å². The summed E-state index contributed by atoms with van der Waals surface area (Å²) < 4.78 is 5.38. The summed E-state index contributed by atoms with van der Waals surface area (Å²) in [5.74, 6) is -0.167. The molecule has 1 saturated heterocycles. The smallest absolute Gasteiger partial charge is 0.269 e. The highest BCUT2D eigenvalue weighted by Gasteiger charge is 2.32. The van der Waals surface area contributed by atoms with Crippen LogP contribution >= 0.6 is 24.0 Å². The highest BCUT2D eigenvalue weighted by atomic mass is 35.5. The lowest BCUT2D eigenvalue weighted by molar-refractivity contribution is 0.0510. The van der Waals surface area contributed by atoms with Crippen molar-refractivity contribution < 1.29 is 9.53 Å². The van der Waals surface area contributed by atoms with E-state index < -0.39 is 0 Å². The van der Waals surface area contributed by atoms with E-state index >= 15 is 0 Å². The second kappa shape index (κ2) is 9.37. The summed E-state index contributed by atoms with van der Waals surface area (Å²) in [5.41, 5.74) is 1.87. The average Bonchev–Trinajstić information content (AvgIpc) is 3.11. The Morgan fingerprint density at radius 3 is 2.77 bits per heavy atom. The molecule has 2 heterocycles. The fraction of sp³-hybridized carbons (Fsp3) is 0.444. The Morgan fingerprint density at radius 1 is 1.35 bits per heavy atom. The summed E-state index contributed by atoms with van der Waals surface area (Å²) in [7, 11) is 1.70. The van der Waals surface area contributed by atoms with Gasteiger partial charge in [-0.3, -0.25) is 9.89 Å². The zero-order valence-electron chi connectivity index (χ0n) is 14.7. The minimum Gasteiger partial charge on any atom is -0.384 e. The van der Waals surface area contributed by atoms with Crippen LogP contribution in [-0.2, 0) is 4.74 Å². The molecule has 0 unspecified atom stereocenters. The SMILES string of the molecule is COCC1(CNC(=O)c2cc(-c3ccccc3Cl)n[nH]2)CCNCC1.Cl. The number of carbonyl (C=O) groups excluding carboxylic acids is 1. The van der Waals surface area contributed by atoms with E-state index in [-0.39, 0.29) is 23.7 Å². The summed E-state index contributed by atoms with van der Waals surface area (Å²) in [5, 5.41) is 14.0. The molecule has 1 aromatic carbocycles.